The molecule has 1 heterocycles. The highest BCUT2D eigenvalue weighted by Crippen LogP contribution is 2.28. The quantitative estimate of drug-likeness (QED) is 0.485. The fraction of sp³-hybridized carbons (Fsp3) is 0.217. The lowest BCUT2D eigenvalue weighted by molar-refractivity contribution is -0.147. The summed E-state index contributed by atoms with van der Waals surface area (Å²) >= 11 is 0. The third-order valence-corrected chi connectivity index (χ3v) is 4.35. The van der Waals surface area contributed by atoms with Gasteiger partial charge in [-0.1, -0.05) is 36.4 Å². The molecule has 3 N–H and O–H groups in total. The molecule has 0 bridgehead atoms. The zero-order chi connectivity index (χ0) is 22.9. The largest absolute Gasteiger partial charge is 0.493 e. The molecule has 0 saturated heterocycles. The van der Waals surface area contributed by atoms with Gasteiger partial charge >= 0.3 is 5.97 Å². The molecule has 0 amide bonds. The number of carbonyl (C=O) groups excluding carboxylic acids is 1. The van der Waals surface area contributed by atoms with Crippen LogP contribution in [0.25, 0.3) is 6.08 Å². The lowest BCUT2D eigenvalue weighted by Gasteiger charge is -2.11. The van der Waals surface area contributed by atoms with Gasteiger partial charge in [-0.15, -0.1) is 0 Å². The van der Waals surface area contributed by atoms with Crippen LogP contribution in [0.5, 0.6) is 11.5 Å². The van der Waals surface area contributed by atoms with Gasteiger partial charge in [0.25, 0.3) is 0 Å². The highest BCUT2D eigenvalue weighted by atomic mass is 16.6. The standard InChI is InChI=1S/C23H25N5O4/c1-4-7-16-10-11-18(19(12-16)30-3)31-14-21(29)32-13-20-26-22(24)28-23(27-20)25-17-9-6-5-8-15(17)2/h4-12H,13-14H2,1-3H3,(H3,24,25,26,27,28)/b7-4+. The number of esters is 1. The molecule has 3 rings (SSSR count). The van der Waals surface area contributed by atoms with E-state index in [2.05, 4.69) is 20.3 Å². The van der Waals surface area contributed by atoms with Crippen molar-refractivity contribution >= 4 is 29.6 Å². The van der Waals surface area contributed by atoms with Crippen LogP contribution in [-0.4, -0.2) is 34.6 Å². The first-order chi connectivity index (χ1) is 15.5. The Labute approximate surface area is 186 Å². The molecule has 2 aromatic carbocycles. The Balaban J connectivity index is 1.58. The van der Waals surface area contributed by atoms with Crippen LogP contribution in [0.15, 0.2) is 48.5 Å². The number of para-hydroxylation sites is 1. The summed E-state index contributed by atoms with van der Waals surface area (Å²) in [7, 11) is 1.54. The summed E-state index contributed by atoms with van der Waals surface area (Å²) in [6, 6.07) is 13.1. The number of allylic oxidation sites excluding steroid dienone is 1. The molecule has 0 atom stereocenters. The average Bonchev–Trinajstić information content (AvgIpc) is 2.78. The lowest BCUT2D eigenvalue weighted by atomic mass is 10.2. The summed E-state index contributed by atoms with van der Waals surface area (Å²) < 4.78 is 16.1. The summed E-state index contributed by atoms with van der Waals surface area (Å²) in [4.78, 5) is 24.5. The molecule has 9 nitrogen and oxygen atoms in total. The maximum absolute atomic E-state index is 12.1. The second-order valence-electron chi connectivity index (χ2n) is 6.73. The van der Waals surface area contributed by atoms with Crippen molar-refractivity contribution in [2.24, 2.45) is 0 Å². The molecule has 0 aliphatic carbocycles. The number of aryl methyl sites for hydroxylation is 1. The molecule has 0 saturated carbocycles. The predicted molar refractivity (Wildman–Crippen MR) is 122 cm³/mol. The molecule has 32 heavy (non-hydrogen) atoms. The van der Waals surface area contributed by atoms with Crippen LogP contribution >= 0.6 is 0 Å². The number of benzene rings is 2. The first-order valence-corrected chi connectivity index (χ1v) is 9.90. The summed E-state index contributed by atoms with van der Waals surface area (Å²) in [6.45, 7) is 3.41. The molecule has 0 unspecified atom stereocenters. The van der Waals surface area contributed by atoms with Gasteiger partial charge in [0.2, 0.25) is 11.9 Å². The first kappa shape index (κ1) is 22.5. The normalized spacial score (nSPS) is 10.7. The van der Waals surface area contributed by atoms with Crippen LogP contribution in [0.1, 0.15) is 23.9 Å². The van der Waals surface area contributed by atoms with E-state index in [0.717, 1.165) is 16.8 Å². The zero-order valence-electron chi connectivity index (χ0n) is 18.2. The molecule has 0 radical (unpaired) electrons. The van der Waals surface area contributed by atoms with Gasteiger partial charge in [-0.05, 0) is 43.2 Å². The number of hydrogen-bond acceptors (Lipinski definition) is 9. The summed E-state index contributed by atoms with van der Waals surface area (Å²) in [5, 5.41) is 3.09. The number of anilines is 3. The number of nitrogen functional groups attached to an aromatic ring is 1. The van der Waals surface area contributed by atoms with Gasteiger partial charge < -0.3 is 25.3 Å². The van der Waals surface area contributed by atoms with Crippen LogP contribution < -0.4 is 20.5 Å². The number of rotatable bonds is 9. The van der Waals surface area contributed by atoms with Gasteiger partial charge in [0.15, 0.2) is 30.5 Å². The number of aromatic nitrogens is 3. The van der Waals surface area contributed by atoms with E-state index in [1.807, 2.05) is 62.4 Å². The minimum Gasteiger partial charge on any atom is -0.493 e. The lowest BCUT2D eigenvalue weighted by Crippen LogP contribution is -2.16. The summed E-state index contributed by atoms with van der Waals surface area (Å²) in [6.07, 6.45) is 3.85. The molecular formula is C23H25N5O4. The van der Waals surface area contributed by atoms with Gasteiger partial charge in [-0.2, -0.15) is 15.0 Å². The van der Waals surface area contributed by atoms with Crippen molar-refractivity contribution in [3.8, 4) is 11.5 Å². The van der Waals surface area contributed by atoms with Crippen molar-refractivity contribution < 1.29 is 19.0 Å². The Hall–Kier alpha value is -4.14. The van der Waals surface area contributed by atoms with E-state index >= 15 is 0 Å². The summed E-state index contributed by atoms with van der Waals surface area (Å²) in [5.74, 6) is 0.869. The van der Waals surface area contributed by atoms with E-state index in [9.17, 15) is 4.79 Å². The van der Waals surface area contributed by atoms with Gasteiger partial charge in [0.1, 0.15) is 0 Å². The Kier molecular flexibility index (Phi) is 7.58. The third-order valence-electron chi connectivity index (χ3n) is 4.35. The predicted octanol–water partition coefficient (Wildman–Crippen LogP) is 3.67. The highest BCUT2D eigenvalue weighted by molar-refractivity contribution is 5.71. The second-order valence-corrected chi connectivity index (χ2v) is 6.73. The number of nitrogens with two attached hydrogens (primary N) is 1. The minimum absolute atomic E-state index is 0.0179. The zero-order valence-corrected chi connectivity index (χ0v) is 18.2. The van der Waals surface area contributed by atoms with Crippen LogP contribution in [0.2, 0.25) is 0 Å². The van der Waals surface area contributed by atoms with E-state index in [1.54, 1.807) is 6.07 Å². The number of hydrogen-bond donors (Lipinski definition) is 2. The third kappa shape index (κ3) is 6.18. The Morgan fingerprint density at radius 1 is 1.12 bits per heavy atom. The van der Waals surface area contributed by atoms with E-state index in [1.165, 1.54) is 7.11 Å². The molecule has 0 spiro atoms. The van der Waals surface area contributed by atoms with Crippen LogP contribution in [0, 0.1) is 6.92 Å². The van der Waals surface area contributed by atoms with E-state index in [0.29, 0.717) is 11.5 Å². The van der Waals surface area contributed by atoms with E-state index in [4.69, 9.17) is 19.9 Å². The monoisotopic (exact) mass is 435 g/mol. The molecule has 9 heteroatoms. The van der Waals surface area contributed by atoms with Gasteiger partial charge in [0, 0.05) is 5.69 Å². The van der Waals surface area contributed by atoms with Crippen molar-refractivity contribution in [1.29, 1.82) is 0 Å². The fourth-order valence-electron chi connectivity index (χ4n) is 2.81. The average molecular weight is 435 g/mol. The molecule has 166 valence electrons. The van der Waals surface area contributed by atoms with Crippen molar-refractivity contribution in [3.63, 3.8) is 0 Å². The topological polar surface area (TPSA) is 121 Å². The van der Waals surface area contributed by atoms with Crippen LogP contribution in [0.3, 0.4) is 0 Å². The van der Waals surface area contributed by atoms with Crippen molar-refractivity contribution in [2.75, 3.05) is 24.8 Å². The van der Waals surface area contributed by atoms with Gasteiger partial charge in [-0.3, -0.25) is 0 Å². The molecular weight excluding hydrogens is 410 g/mol. The number of methoxy groups -OCH3 is 1. The van der Waals surface area contributed by atoms with E-state index < -0.39 is 5.97 Å². The number of nitrogens with zero attached hydrogens (tertiary/aromatic N) is 3. The maximum Gasteiger partial charge on any atom is 0.344 e. The smallest absolute Gasteiger partial charge is 0.344 e. The van der Waals surface area contributed by atoms with Crippen molar-refractivity contribution in [2.45, 2.75) is 20.5 Å². The fourth-order valence-corrected chi connectivity index (χ4v) is 2.81. The Bertz CT molecular complexity index is 1120. The highest BCUT2D eigenvalue weighted by Gasteiger charge is 2.12. The first-order valence-electron chi connectivity index (χ1n) is 9.90. The van der Waals surface area contributed by atoms with Crippen LogP contribution in [0.4, 0.5) is 17.6 Å². The molecule has 1 aromatic heterocycles. The second kappa shape index (κ2) is 10.8. The number of nitrogens with one attached hydrogen (secondary N) is 1. The molecule has 3 aromatic rings. The number of carbonyl (C=O) groups is 1. The summed E-state index contributed by atoms with van der Waals surface area (Å²) in [5.41, 5.74) is 8.59. The number of ether oxygens (including phenoxy) is 3. The van der Waals surface area contributed by atoms with Gasteiger partial charge in [-0.25, -0.2) is 4.79 Å². The van der Waals surface area contributed by atoms with Crippen molar-refractivity contribution in [1.82, 2.24) is 15.0 Å². The molecule has 0 fully saturated rings. The van der Waals surface area contributed by atoms with Gasteiger partial charge in [0.05, 0.1) is 7.11 Å². The minimum atomic E-state index is -0.586. The maximum atomic E-state index is 12.1. The molecule has 0 aliphatic heterocycles. The van der Waals surface area contributed by atoms with Crippen molar-refractivity contribution in [3.05, 3.63) is 65.5 Å². The van der Waals surface area contributed by atoms with E-state index in [-0.39, 0.29) is 30.9 Å². The SMILES string of the molecule is C/C=C/c1ccc(OCC(=O)OCc2nc(N)nc(Nc3ccccc3C)n2)c(OC)c1. The Morgan fingerprint density at radius 2 is 1.94 bits per heavy atom. The molecule has 0 aliphatic rings. The Morgan fingerprint density at radius 3 is 2.69 bits per heavy atom. The van der Waals surface area contributed by atoms with Crippen LogP contribution in [-0.2, 0) is 16.1 Å².